The molecule has 98 valence electrons. The van der Waals surface area contributed by atoms with Crippen LogP contribution in [0.25, 0.3) is 0 Å². The second kappa shape index (κ2) is 6.71. The van der Waals surface area contributed by atoms with E-state index >= 15 is 0 Å². The molecule has 0 spiro atoms. The first kappa shape index (κ1) is 14.1. The van der Waals surface area contributed by atoms with Crippen molar-refractivity contribution >= 4 is 23.1 Å². The van der Waals surface area contributed by atoms with Crippen LogP contribution in [0.1, 0.15) is 21.1 Å². The molecule has 0 amide bonds. The van der Waals surface area contributed by atoms with Crippen LogP contribution in [0.3, 0.4) is 0 Å². The fraction of sp³-hybridized carbons (Fsp3) is 0.286. The topological polar surface area (TPSA) is 45.9 Å². The molecule has 2 rings (SSSR count). The van der Waals surface area contributed by atoms with E-state index in [1.165, 1.54) is 21.8 Å². The summed E-state index contributed by atoms with van der Waals surface area (Å²) in [6.07, 6.45) is 0. The minimum Gasteiger partial charge on any atom is -0.378 e. The molecule has 3 nitrogen and oxygen atoms in total. The minimum atomic E-state index is 0.397. The highest BCUT2D eigenvalue weighted by Crippen LogP contribution is 2.27. The molecule has 0 aliphatic carbocycles. The Labute approximate surface area is 121 Å². The summed E-state index contributed by atoms with van der Waals surface area (Å²) in [7, 11) is 1.61. The molecule has 19 heavy (non-hydrogen) atoms. The van der Waals surface area contributed by atoms with Gasteiger partial charge in [0.25, 0.3) is 0 Å². The maximum absolute atomic E-state index is 9.03. The molecule has 0 fully saturated rings. The van der Waals surface area contributed by atoms with Gasteiger partial charge in [0, 0.05) is 12.0 Å². The summed E-state index contributed by atoms with van der Waals surface area (Å²) >= 11 is 3.18. The standard InChI is InChI=1S/C14H14N2OS2/c1-10-3-5-11(6-4-10)18-9-14-16-12(8-17-2)13(7-15)19-14/h3-6H,8-9H2,1-2H3. The van der Waals surface area contributed by atoms with Crippen molar-refractivity contribution in [1.29, 1.82) is 5.26 Å². The fourth-order valence-corrected chi connectivity index (χ4v) is 3.32. The number of methoxy groups -OCH3 is 1. The molecule has 0 atom stereocenters. The average Bonchev–Trinajstić information content (AvgIpc) is 2.81. The number of thiazole rings is 1. The number of aryl methyl sites for hydroxylation is 1. The lowest BCUT2D eigenvalue weighted by Gasteiger charge is -1.99. The molecular formula is C14H14N2OS2. The van der Waals surface area contributed by atoms with E-state index in [1.54, 1.807) is 18.9 Å². The van der Waals surface area contributed by atoms with Crippen LogP contribution in [-0.2, 0) is 17.1 Å². The van der Waals surface area contributed by atoms with Crippen LogP contribution in [0.15, 0.2) is 29.2 Å². The molecule has 0 aliphatic rings. The van der Waals surface area contributed by atoms with Gasteiger partial charge >= 0.3 is 0 Å². The van der Waals surface area contributed by atoms with E-state index in [1.807, 2.05) is 0 Å². The minimum absolute atomic E-state index is 0.397. The molecule has 0 aliphatic heterocycles. The van der Waals surface area contributed by atoms with E-state index in [0.29, 0.717) is 11.5 Å². The lowest BCUT2D eigenvalue weighted by atomic mass is 10.2. The van der Waals surface area contributed by atoms with Gasteiger partial charge in [-0.1, -0.05) is 17.7 Å². The zero-order valence-electron chi connectivity index (χ0n) is 10.8. The molecule has 1 heterocycles. The van der Waals surface area contributed by atoms with Crippen LogP contribution in [0, 0.1) is 18.3 Å². The molecule has 5 heteroatoms. The third-order valence-corrected chi connectivity index (χ3v) is 4.72. The third-order valence-electron chi connectivity index (χ3n) is 2.51. The Morgan fingerprint density at radius 1 is 1.37 bits per heavy atom. The molecule has 0 bridgehead atoms. The fourth-order valence-electron chi connectivity index (χ4n) is 1.56. The van der Waals surface area contributed by atoms with Crippen molar-refractivity contribution in [2.24, 2.45) is 0 Å². The zero-order chi connectivity index (χ0) is 13.7. The number of benzene rings is 1. The van der Waals surface area contributed by atoms with Crippen molar-refractivity contribution in [3.8, 4) is 6.07 Å². The van der Waals surface area contributed by atoms with Gasteiger partial charge in [-0.05, 0) is 19.1 Å². The first-order valence-electron chi connectivity index (χ1n) is 5.80. The number of thioether (sulfide) groups is 1. The Morgan fingerprint density at radius 2 is 2.11 bits per heavy atom. The molecule has 1 aromatic heterocycles. The predicted octanol–water partition coefficient (Wildman–Crippen LogP) is 3.76. The summed E-state index contributed by atoms with van der Waals surface area (Å²) < 4.78 is 5.05. The van der Waals surface area contributed by atoms with Crippen molar-refractivity contribution in [1.82, 2.24) is 4.98 Å². The largest absolute Gasteiger partial charge is 0.378 e. The molecule has 1 aromatic carbocycles. The first-order chi connectivity index (χ1) is 9.22. The van der Waals surface area contributed by atoms with Crippen LogP contribution in [0.4, 0.5) is 0 Å². The number of nitrogens with zero attached hydrogens (tertiary/aromatic N) is 2. The van der Waals surface area contributed by atoms with Crippen LogP contribution in [0.5, 0.6) is 0 Å². The van der Waals surface area contributed by atoms with E-state index in [2.05, 4.69) is 42.2 Å². The van der Waals surface area contributed by atoms with Crippen molar-refractivity contribution in [3.63, 3.8) is 0 Å². The molecule has 0 radical (unpaired) electrons. The van der Waals surface area contributed by atoms with Crippen LogP contribution in [0.2, 0.25) is 0 Å². The van der Waals surface area contributed by atoms with Crippen LogP contribution in [-0.4, -0.2) is 12.1 Å². The maximum Gasteiger partial charge on any atom is 0.130 e. The normalized spacial score (nSPS) is 10.4. The quantitative estimate of drug-likeness (QED) is 0.787. The van der Waals surface area contributed by atoms with Gasteiger partial charge in [-0.3, -0.25) is 0 Å². The number of rotatable bonds is 5. The lowest BCUT2D eigenvalue weighted by molar-refractivity contribution is 0.181. The summed E-state index contributed by atoms with van der Waals surface area (Å²) in [6, 6.07) is 10.6. The van der Waals surface area contributed by atoms with Gasteiger partial charge in [-0.25, -0.2) is 4.98 Å². The summed E-state index contributed by atoms with van der Waals surface area (Å²) in [6.45, 7) is 2.47. The molecular weight excluding hydrogens is 276 g/mol. The number of hydrogen-bond acceptors (Lipinski definition) is 5. The number of hydrogen-bond donors (Lipinski definition) is 0. The highest BCUT2D eigenvalue weighted by molar-refractivity contribution is 7.98. The van der Waals surface area contributed by atoms with Crippen molar-refractivity contribution in [3.05, 3.63) is 45.4 Å². The Kier molecular flexibility index (Phi) is 4.97. The van der Waals surface area contributed by atoms with Crippen LogP contribution < -0.4 is 0 Å². The first-order valence-corrected chi connectivity index (χ1v) is 7.60. The second-order valence-corrected chi connectivity index (χ2v) is 6.16. The summed E-state index contributed by atoms with van der Waals surface area (Å²) in [5.41, 5.74) is 2.00. The molecule has 2 aromatic rings. The van der Waals surface area contributed by atoms with E-state index < -0.39 is 0 Å². The van der Waals surface area contributed by atoms with Gasteiger partial charge in [-0.2, -0.15) is 5.26 Å². The monoisotopic (exact) mass is 290 g/mol. The highest BCUT2D eigenvalue weighted by atomic mass is 32.2. The van der Waals surface area contributed by atoms with Gasteiger partial charge in [0.2, 0.25) is 0 Å². The van der Waals surface area contributed by atoms with E-state index in [0.717, 1.165) is 16.5 Å². The Morgan fingerprint density at radius 3 is 2.74 bits per heavy atom. The smallest absolute Gasteiger partial charge is 0.130 e. The number of ether oxygens (including phenoxy) is 1. The molecule has 0 unspecified atom stereocenters. The number of aromatic nitrogens is 1. The van der Waals surface area contributed by atoms with Gasteiger partial charge in [0.05, 0.1) is 18.1 Å². The molecule has 0 saturated heterocycles. The van der Waals surface area contributed by atoms with Gasteiger partial charge in [0.15, 0.2) is 0 Å². The van der Waals surface area contributed by atoms with E-state index in [9.17, 15) is 0 Å². The predicted molar refractivity (Wildman–Crippen MR) is 78.3 cm³/mol. The summed E-state index contributed by atoms with van der Waals surface area (Å²) in [5, 5.41) is 10.00. The zero-order valence-corrected chi connectivity index (χ0v) is 12.5. The second-order valence-electron chi connectivity index (χ2n) is 4.03. The van der Waals surface area contributed by atoms with Crippen LogP contribution >= 0.6 is 23.1 Å². The van der Waals surface area contributed by atoms with E-state index in [-0.39, 0.29) is 0 Å². The van der Waals surface area contributed by atoms with Gasteiger partial charge in [-0.15, -0.1) is 23.1 Å². The number of nitriles is 1. The third kappa shape index (κ3) is 3.80. The van der Waals surface area contributed by atoms with Gasteiger partial charge < -0.3 is 4.74 Å². The maximum atomic E-state index is 9.03. The van der Waals surface area contributed by atoms with Crippen molar-refractivity contribution < 1.29 is 4.74 Å². The van der Waals surface area contributed by atoms with Crippen molar-refractivity contribution in [2.75, 3.05) is 7.11 Å². The lowest BCUT2D eigenvalue weighted by Crippen LogP contribution is -1.90. The Balaban J connectivity index is 2.03. The Bertz CT molecular complexity index is 584. The molecule has 0 N–H and O–H groups in total. The van der Waals surface area contributed by atoms with Crippen molar-refractivity contribution in [2.45, 2.75) is 24.2 Å². The SMILES string of the molecule is COCc1nc(CSc2ccc(C)cc2)sc1C#N. The average molecular weight is 290 g/mol. The van der Waals surface area contributed by atoms with E-state index in [4.69, 9.17) is 10.00 Å². The summed E-state index contributed by atoms with van der Waals surface area (Å²) in [5.74, 6) is 0.784. The Hall–Kier alpha value is -1.35. The summed E-state index contributed by atoms with van der Waals surface area (Å²) in [4.78, 5) is 6.32. The van der Waals surface area contributed by atoms with Gasteiger partial charge in [0.1, 0.15) is 16.0 Å². The molecule has 0 saturated carbocycles. The highest BCUT2D eigenvalue weighted by Gasteiger charge is 2.10.